The Labute approximate surface area is 149 Å². The molecule has 0 saturated carbocycles. The van der Waals surface area contributed by atoms with Crippen LogP contribution in [0.1, 0.15) is 23.2 Å². The lowest BCUT2D eigenvalue weighted by Gasteiger charge is -2.07. The van der Waals surface area contributed by atoms with Crippen molar-refractivity contribution in [1.82, 2.24) is 29.5 Å². The summed E-state index contributed by atoms with van der Waals surface area (Å²) in [7, 11) is 0. The number of aromatic nitrogens is 6. The van der Waals surface area contributed by atoms with Crippen LogP contribution in [0.4, 0.5) is 5.95 Å². The molecule has 4 aromatic rings. The van der Waals surface area contributed by atoms with E-state index in [1.54, 1.807) is 17.0 Å². The molecule has 132 valence electrons. The highest BCUT2D eigenvalue weighted by Gasteiger charge is 2.14. The minimum absolute atomic E-state index is 0.174. The van der Waals surface area contributed by atoms with Crippen molar-refractivity contribution in [2.24, 2.45) is 0 Å². The van der Waals surface area contributed by atoms with E-state index < -0.39 is 0 Å². The summed E-state index contributed by atoms with van der Waals surface area (Å²) >= 11 is 0. The van der Waals surface area contributed by atoms with E-state index in [9.17, 15) is 4.79 Å². The number of H-pyrrole nitrogens is 2. The summed E-state index contributed by atoms with van der Waals surface area (Å²) in [5, 5.41) is 6.08. The lowest BCUT2D eigenvalue weighted by Crippen LogP contribution is -2.11. The molecule has 26 heavy (non-hydrogen) atoms. The molecule has 3 N–H and O–H groups in total. The van der Waals surface area contributed by atoms with Crippen molar-refractivity contribution in [3.8, 4) is 0 Å². The monoisotopic (exact) mass is 349 g/mol. The molecule has 0 radical (unpaired) electrons. The van der Waals surface area contributed by atoms with Gasteiger partial charge in [0.1, 0.15) is 6.33 Å². The smallest absolute Gasteiger partial charge is 0.270 e. The minimum Gasteiger partial charge on any atom is -0.354 e. The number of aromatic amines is 2. The first-order valence-electron chi connectivity index (χ1n) is 8.51. The van der Waals surface area contributed by atoms with Crippen LogP contribution in [0.3, 0.4) is 0 Å². The second-order valence-electron chi connectivity index (χ2n) is 6.05. The van der Waals surface area contributed by atoms with E-state index in [2.05, 4.69) is 42.5 Å². The first-order chi connectivity index (χ1) is 12.8. The molecule has 0 aliphatic carbocycles. The van der Waals surface area contributed by atoms with Gasteiger partial charge in [0.2, 0.25) is 5.95 Å². The molecule has 0 saturated heterocycles. The van der Waals surface area contributed by atoms with E-state index in [1.807, 2.05) is 18.2 Å². The molecule has 4 rings (SSSR count). The quantitative estimate of drug-likeness (QED) is 0.441. The highest BCUT2D eigenvalue weighted by Crippen LogP contribution is 2.11. The first kappa shape index (κ1) is 16.1. The standard InChI is InChI=1S/C18H19N7O/c26-17-15(9-14-10-19-11-21-14)16-22-12-23-18(25(16)24-17)20-8-4-7-13-5-2-1-3-6-13/h1-3,5-6,10-12H,4,7-9H2,(H,19,21)(H,24,26)(H,20,22,23). The number of anilines is 1. The van der Waals surface area contributed by atoms with E-state index in [1.165, 1.54) is 11.9 Å². The van der Waals surface area contributed by atoms with Crippen LogP contribution in [0, 0.1) is 0 Å². The molecule has 1 aromatic carbocycles. The molecular formula is C18H19N7O. The number of benzene rings is 1. The zero-order valence-electron chi connectivity index (χ0n) is 14.1. The molecule has 0 bridgehead atoms. The number of aryl methyl sites for hydroxylation is 1. The summed E-state index contributed by atoms with van der Waals surface area (Å²) in [6.45, 7) is 0.747. The third kappa shape index (κ3) is 3.34. The van der Waals surface area contributed by atoms with Gasteiger partial charge in [-0.1, -0.05) is 30.3 Å². The molecular weight excluding hydrogens is 330 g/mol. The van der Waals surface area contributed by atoms with Gasteiger partial charge in [-0.3, -0.25) is 9.89 Å². The number of fused-ring (bicyclic) bond motifs is 1. The summed E-state index contributed by atoms with van der Waals surface area (Å²) in [5.41, 5.74) is 3.15. The summed E-state index contributed by atoms with van der Waals surface area (Å²) in [5.74, 6) is 0.580. The van der Waals surface area contributed by atoms with Crippen LogP contribution in [0.2, 0.25) is 0 Å². The van der Waals surface area contributed by atoms with Gasteiger partial charge >= 0.3 is 0 Å². The third-order valence-corrected chi connectivity index (χ3v) is 4.23. The zero-order chi connectivity index (χ0) is 17.8. The number of hydrogen-bond donors (Lipinski definition) is 3. The Morgan fingerprint density at radius 3 is 2.85 bits per heavy atom. The summed E-state index contributed by atoms with van der Waals surface area (Å²) in [6, 6.07) is 10.3. The van der Waals surface area contributed by atoms with E-state index >= 15 is 0 Å². The first-order valence-corrected chi connectivity index (χ1v) is 8.51. The Hall–Kier alpha value is -3.42. The van der Waals surface area contributed by atoms with Crippen molar-refractivity contribution in [3.05, 3.63) is 76.4 Å². The van der Waals surface area contributed by atoms with Crippen LogP contribution in [0.25, 0.3) is 5.65 Å². The maximum Gasteiger partial charge on any atom is 0.270 e. The van der Waals surface area contributed by atoms with E-state index in [0.717, 1.165) is 25.1 Å². The maximum atomic E-state index is 12.3. The molecule has 0 amide bonds. The number of rotatable bonds is 7. The SMILES string of the molecule is O=c1[nH]n2c(NCCCc3ccccc3)ncnc2c1Cc1cnc[nH]1. The van der Waals surface area contributed by atoms with Crippen LogP contribution >= 0.6 is 0 Å². The molecule has 0 aliphatic rings. The Kier molecular flexibility index (Phi) is 4.46. The Balaban J connectivity index is 1.48. The summed E-state index contributed by atoms with van der Waals surface area (Å²) in [4.78, 5) is 27.8. The molecule has 3 aromatic heterocycles. The molecule has 3 heterocycles. The second kappa shape index (κ2) is 7.22. The van der Waals surface area contributed by atoms with Crippen LogP contribution in [0.15, 0.2) is 54.0 Å². The Morgan fingerprint density at radius 2 is 2.04 bits per heavy atom. The van der Waals surface area contributed by atoms with Gasteiger partial charge in [0.15, 0.2) is 5.65 Å². The minimum atomic E-state index is -0.174. The Morgan fingerprint density at radius 1 is 1.15 bits per heavy atom. The van der Waals surface area contributed by atoms with E-state index in [4.69, 9.17) is 0 Å². The Bertz CT molecular complexity index is 1030. The predicted octanol–water partition coefficient (Wildman–Crippen LogP) is 1.78. The van der Waals surface area contributed by atoms with Gasteiger partial charge in [0.05, 0.1) is 11.9 Å². The van der Waals surface area contributed by atoms with E-state index in [-0.39, 0.29) is 5.56 Å². The highest BCUT2D eigenvalue weighted by molar-refractivity contribution is 5.51. The van der Waals surface area contributed by atoms with Crippen LogP contribution in [-0.2, 0) is 12.8 Å². The van der Waals surface area contributed by atoms with Gasteiger partial charge in [-0.25, -0.2) is 19.5 Å². The van der Waals surface area contributed by atoms with Crippen molar-refractivity contribution in [1.29, 1.82) is 0 Å². The van der Waals surface area contributed by atoms with Crippen molar-refractivity contribution >= 4 is 11.6 Å². The highest BCUT2D eigenvalue weighted by atomic mass is 16.1. The van der Waals surface area contributed by atoms with Crippen LogP contribution in [0.5, 0.6) is 0 Å². The largest absolute Gasteiger partial charge is 0.354 e. The topological polar surface area (TPSA) is 104 Å². The lowest BCUT2D eigenvalue weighted by atomic mass is 10.1. The second-order valence-corrected chi connectivity index (χ2v) is 6.05. The maximum absolute atomic E-state index is 12.3. The number of nitrogens with one attached hydrogen (secondary N) is 3. The van der Waals surface area contributed by atoms with Gasteiger partial charge < -0.3 is 10.3 Å². The molecule has 0 aliphatic heterocycles. The average Bonchev–Trinajstić information content (AvgIpc) is 3.29. The van der Waals surface area contributed by atoms with Gasteiger partial charge in [-0.2, -0.15) is 0 Å². The van der Waals surface area contributed by atoms with Gasteiger partial charge in [-0.05, 0) is 18.4 Å². The normalized spacial score (nSPS) is 11.1. The number of nitrogens with zero attached hydrogens (tertiary/aromatic N) is 4. The lowest BCUT2D eigenvalue weighted by molar-refractivity contribution is 0.822. The fraction of sp³-hybridized carbons (Fsp3) is 0.222. The molecule has 0 spiro atoms. The molecule has 0 atom stereocenters. The van der Waals surface area contributed by atoms with Crippen molar-refractivity contribution in [3.63, 3.8) is 0 Å². The van der Waals surface area contributed by atoms with Crippen molar-refractivity contribution in [2.75, 3.05) is 11.9 Å². The van der Waals surface area contributed by atoms with Gasteiger partial charge in [0, 0.05) is 24.9 Å². The number of hydrogen-bond acceptors (Lipinski definition) is 5. The third-order valence-electron chi connectivity index (χ3n) is 4.23. The summed E-state index contributed by atoms with van der Waals surface area (Å²) < 4.78 is 1.61. The van der Waals surface area contributed by atoms with Crippen molar-refractivity contribution in [2.45, 2.75) is 19.3 Å². The van der Waals surface area contributed by atoms with E-state index in [0.29, 0.717) is 23.6 Å². The predicted molar refractivity (Wildman–Crippen MR) is 98.3 cm³/mol. The molecule has 8 heteroatoms. The van der Waals surface area contributed by atoms with Crippen LogP contribution < -0.4 is 10.9 Å². The van der Waals surface area contributed by atoms with Gasteiger partial charge in [0.25, 0.3) is 5.56 Å². The molecule has 0 fully saturated rings. The average molecular weight is 349 g/mol. The van der Waals surface area contributed by atoms with Crippen molar-refractivity contribution < 1.29 is 0 Å². The van der Waals surface area contributed by atoms with Gasteiger partial charge in [-0.15, -0.1) is 0 Å². The molecule has 8 nitrogen and oxygen atoms in total. The fourth-order valence-electron chi connectivity index (χ4n) is 2.94. The summed E-state index contributed by atoms with van der Waals surface area (Å²) in [6.07, 6.45) is 7.15. The fourth-order valence-corrected chi connectivity index (χ4v) is 2.94. The molecule has 0 unspecified atom stereocenters. The number of imidazole rings is 1. The van der Waals surface area contributed by atoms with Crippen LogP contribution in [-0.4, -0.2) is 36.1 Å². The zero-order valence-corrected chi connectivity index (χ0v) is 14.1.